The molecule has 0 aromatic heterocycles. The van der Waals surface area contributed by atoms with Crippen molar-refractivity contribution in [1.29, 1.82) is 0 Å². The van der Waals surface area contributed by atoms with E-state index in [0.29, 0.717) is 24.7 Å². The number of nitrogens with two attached hydrogens (primary N) is 1. The molecule has 0 unspecified atom stereocenters. The van der Waals surface area contributed by atoms with Crippen molar-refractivity contribution >= 4 is 34.6 Å². The van der Waals surface area contributed by atoms with Gasteiger partial charge in [-0.15, -0.1) is 0 Å². The fraction of sp³-hybridized carbons (Fsp3) is 0.710. The summed E-state index contributed by atoms with van der Waals surface area (Å²) in [6, 6.07) is 7.92. The van der Waals surface area contributed by atoms with Crippen LogP contribution in [0.3, 0.4) is 0 Å². The van der Waals surface area contributed by atoms with Crippen LogP contribution in [0, 0.1) is 39.2 Å². The van der Waals surface area contributed by atoms with Gasteiger partial charge in [-0.1, -0.05) is 51.3 Å². The van der Waals surface area contributed by atoms with E-state index in [0.717, 1.165) is 12.8 Å². The van der Waals surface area contributed by atoms with Crippen molar-refractivity contribution in [2.24, 2.45) is 39.8 Å². The summed E-state index contributed by atoms with van der Waals surface area (Å²) >= 11 is 0. The van der Waals surface area contributed by atoms with Gasteiger partial charge < -0.3 is 20.4 Å². The largest absolute Gasteiger partial charge is 0.481 e. The van der Waals surface area contributed by atoms with Crippen LogP contribution in [0.25, 0.3) is 0 Å². The van der Waals surface area contributed by atoms with Crippen molar-refractivity contribution in [3.05, 3.63) is 40.4 Å². The third kappa shape index (κ3) is 8.27. The van der Waals surface area contributed by atoms with Crippen LogP contribution in [0.2, 0.25) is 0 Å². The highest BCUT2D eigenvalue weighted by molar-refractivity contribution is 7.91. The number of nitrogens with zero attached hydrogens (tertiary/aromatic N) is 2. The topological polar surface area (TPSA) is 192 Å². The molecular formula is C31H48BN5O8S. The Labute approximate surface area is 272 Å². The van der Waals surface area contributed by atoms with E-state index in [-0.39, 0.29) is 71.5 Å². The molecule has 6 atom stereocenters. The Bertz CT molecular complexity index is 1410. The summed E-state index contributed by atoms with van der Waals surface area (Å²) in [5, 5.41) is 12.9. The molecule has 15 heteroatoms. The van der Waals surface area contributed by atoms with Crippen LogP contribution in [0.4, 0.5) is 0 Å². The van der Waals surface area contributed by atoms with Gasteiger partial charge in [0.15, 0.2) is 14.9 Å². The van der Waals surface area contributed by atoms with Gasteiger partial charge in [-0.3, -0.25) is 9.59 Å². The van der Waals surface area contributed by atoms with Crippen LogP contribution in [0.1, 0.15) is 79.6 Å². The zero-order valence-electron chi connectivity index (χ0n) is 27.4. The molecule has 0 radical (unpaired) electrons. The molecule has 4 N–H and O–H groups in total. The van der Waals surface area contributed by atoms with E-state index in [9.17, 15) is 28.1 Å². The number of aliphatic imine (C=N–C) groups is 1. The zero-order valence-corrected chi connectivity index (χ0v) is 28.3. The first-order valence-electron chi connectivity index (χ1n) is 16.2. The number of hydrazine groups is 1. The number of ketones is 1. The summed E-state index contributed by atoms with van der Waals surface area (Å²) in [4.78, 5) is 41.6. The Kier molecular flexibility index (Phi) is 11.2. The molecule has 1 aromatic carbocycles. The van der Waals surface area contributed by atoms with Gasteiger partial charge in [0.2, 0.25) is 5.91 Å². The molecule has 3 saturated carbocycles. The van der Waals surface area contributed by atoms with E-state index in [1.54, 1.807) is 23.6 Å². The van der Waals surface area contributed by atoms with Crippen molar-refractivity contribution in [2.45, 2.75) is 102 Å². The molecule has 254 valence electrons. The Morgan fingerprint density at radius 3 is 2.52 bits per heavy atom. The maximum absolute atomic E-state index is 13.8. The number of hydrogen-bond donors (Lipinski definition) is 3. The predicted molar refractivity (Wildman–Crippen MR) is 174 cm³/mol. The van der Waals surface area contributed by atoms with Crippen molar-refractivity contribution in [3.8, 4) is 0 Å². The molecule has 1 saturated heterocycles. The van der Waals surface area contributed by atoms with E-state index in [1.807, 2.05) is 0 Å². The molecule has 2 bridgehead atoms. The summed E-state index contributed by atoms with van der Waals surface area (Å²) in [7, 11) is -4.31. The van der Waals surface area contributed by atoms with E-state index >= 15 is 0 Å². The normalized spacial score (nSPS) is 26.5. The smallest absolute Gasteiger partial charge is 0.404 e. The Morgan fingerprint density at radius 2 is 1.89 bits per heavy atom. The van der Waals surface area contributed by atoms with Gasteiger partial charge in [-0.25, -0.2) is 23.5 Å². The molecule has 46 heavy (non-hydrogen) atoms. The van der Waals surface area contributed by atoms with Crippen molar-refractivity contribution in [1.82, 2.24) is 10.7 Å². The number of rotatable bonds is 16. The first-order valence-corrected chi connectivity index (χ1v) is 17.8. The molecule has 4 fully saturated rings. The zero-order chi connectivity index (χ0) is 33.9. The van der Waals surface area contributed by atoms with Gasteiger partial charge in [0.05, 0.1) is 28.3 Å². The quantitative estimate of drug-likeness (QED) is 0.0592. The molecule has 13 nitrogen and oxygen atoms in total. The number of amides is 1. The maximum Gasteiger partial charge on any atom is 0.481 e. The van der Waals surface area contributed by atoms with E-state index < -0.39 is 39.4 Å². The fourth-order valence-corrected chi connectivity index (χ4v) is 8.78. The lowest BCUT2D eigenvalue weighted by atomic mass is 9.43. The van der Waals surface area contributed by atoms with Gasteiger partial charge in [0.1, 0.15) is 5.78 Å². The first kappa shape index (κ1) is 35.8. The van der Waals surface area contributed by atoms with E-state index in [1.165, 1.54) is 12.1 Å². The summed E-state index contributed by atoms with van der Waals surface area (Å²) in [6.45, 7) is 10.9. The molecule has 4 aliphatic rings. The van der Waals surface area contributed by atoms with Gasteiger partial charge >= 0.3 is 7.12 Å². The number of guanidine groups is 1. The lowest BCUT2D eigenvalue weighted by Gasteiger charge is -2.64. The van der Waals surface area contributed by atoms with Gasteiger partial charge in [0.25, 0.3) is 5.96 Å². The highest BCUT2D eigenvalue weighted by atomic mass is 32.2. The third-order valence-electron chi connectivity index (χ3n) is 10.1. The minimum absolute atomic E-state index is 0.0547. The molecule has 3 aliphatic carbocycles. The standard InChI is InChI=1S/C31H48BN5O8S/c1-20(2)16-27(32-44-26-19-22-18-25(30(22,3)4)31(26,5)45-32)35-28(39)21(10-9-14-34-29(33)36-37(40)41)17-23(38)13-15-46(42,43)24-11-7-6-8-12-24/h6-8,11-12,20-22,25-27H,9-10,13-19H2,1-5H3,(H,35,39)(H3,33,34,36)/t21-,22-,25-,26-,27+,31+/m1/s1. The van der Waals surface area contributed by atoms with Crippen LogP contribution in [-0.2, 0) is 28.7 Å². The predicted octanol–water partition coefficient (Wildman–Crippen LogP) is 3.10. The van der Waals surface area contributed by atoms with E-state index in [2.05, 4.69) is 44.9 Å². The SMILES string of the molecule is CC(C)C[C@H](NC(=O)[C@H](CCCN=C(N)N[N+](=O)[O-])CC(=O)CCS(=O)(=O)c1ccccc1)B1O[C@@H]2C[C@H]3C[C@H](C3(C)C)[C@]2(C)O1. The maximum atomic E-state index is 13.8. The molecule has 1 amide bonds. The number of carbonyl (C=O) groups is 2. The van der Waals surface area contributed by atoms with Crippen LogP contribution in [0.15, 0.2) is 40.2 Å². The Morgan fingerprint density at radius 1 is 1.20 bits per heavy atom. The number of hydrogen-bond acceptors (Lipinski definition) is 9. The van der Waals surface area contributed by atoms with Gasteiger partial charge in [0, 0.05) is 25.3 Å². The molecule has 1 heterocycles. The first-order chi connectivity index (χ1) is 21.5. The molecule has 1 aliphatic heterocycles. The minimum Gasteiger partial charge on any atom is -0.404 e. The third-order valence-corrected chi connectivity index (χ3v) is 11.9. The number of carbonyl (C=O) groups excluding carboxylic acids is 2. The number of Topliss-reactive ketones (excluding diaryl/α,β-unsaturated/α-hetero) is 1. The van der Waals surface area contributed by atoms with Crippen molar-refractivity contribution < 1.29 is 32.3 Å². The lowest BCUT2D eigenvalue weighted by Crippen LogP contribution is -2.65. The number of benzene rings is 1. The summed E-state index contributed by atoms with van der Waals surface area (Å²) in [6.07, 6.45) is 2.71. The molecule has 5 rings (SSSR count). The summed E-state index contributed by atoms with van der Waals surface area (Å²) in [5.74, 6) is -1.53. The van der Waals surface area contributed by atoms with Crippen molar-refractivity contribution in [3.63, 3.8) is 0 Å². The average Bonchev–Trinajstić information content (AvgIpc) is 3.34. The fourth-order valence-electron chi connectivity index (χ4n) is 7.48. The number of nitro groups is 1. The second kappa shape index (κ2) is 14.4. The van der Waals surface area contributed by atoms with Gasteiger partial charge in [-0.05, 0) is 74.3 Å². The van der Waals surface area contributed by atoms with Gasteiger partial charge in [-0.2, -0.15) is 0 Å². The number of nitrogens with one attached hydrogen (secondary N) is 2. The summed E-state index contributed by atoms with van der Waals surface area (Å²) in [5.41, 5.74) is 7.01. The van der Waals surface area contributed by atoms with Crippen molar-refractivity contribution in [2.75, 3.05) is 12.3 Å². The number of sulfone groups is 1. The van der Waals surface area contributed by atoms with E-state index in [4.69, 9.17) is 15.0 Å². The second-order valence-electron chi connectivity index (χ2n) is 14.2. The minimum atomic E-state index is -3.67. The second-order valence-corrected chi connectivity index (χ2v) is 16.3. The highest BCUT2D eigenvalue weighted by Gasteiger charge is 2.68. The molecule has 0 spiro atoms. The summed E-state index contributed by atoms with van der Waals surface area (Å²) < 4.78 is 38.7. The van der Waals surface area contributed by atoms with Crippen LogP contribution in [0.5, 0.6) is 0 Å². The Hall–Kier alpha value is -3.04. The van der Waals surface area contributed by atoms with Crippen LogP contribution >= 0.6 is 0 Å². The molecule has 1 aromatic rings. The highest BCUT2D eigenvalue weighted by Crippen LogP contribution is 2.65. The van der Waals surface area contributed by atoms with Crippen LogP contribution < -0.4 is 16.5 Å². The van der Waals surface area contributed by atoms with Crippen LogP contribution in [-0.4, -0.2) is 68.2 Å². The molecular weight excluding hydrogens is 613 g/mol. The Balaban J connectivity index is 1.44. The lowest BCUT2D eigenvalue weighted by molar-refractivity contribution is -0.525. The monoisotopic (exact) mass is 661 g/mol. The average molecular weight is 662 g/mol.